The quantitative estimate of drug-likeness (QED) is 0.337. The molecule has 0 radical (unpaired) electrons. The SMILES string of the molecule is Cc1cc(N2C(=S)N[C@H](c3ccccn3)[C@@H]2c2cc(C)n(-c3ccccc3C(=O)O)c2C)ccc1F. The maximum absolute atomic E-state index is 14.1. The number of hydrogen-bond donors (Lipinski definition) is 2. The Bertz CT molecular complexity index is 1480. The lowest BCUT2D eigenvalue weighted by atomic mass is 9.96. The molecule has 2 aromatic heterocycles. The first kappa shape index (κ1) is 23.7. The van der Waals surface area contributed by atoms with Crippen LogP contribution in [0.15, 0.2) is 72.9 Å². The highest BCUT2D eigenvalue weighted by molar-refractivity contribution is 7.80. The molecule has 0 spiro atoms. The largest absolute Gasteiger partial charge is 0.478 e. The Morgan fingerprint density at radius 3 is 2.50 bits per heavy atom. The molecule has 1 aliphatic heterocycles. The van der Waals surface area contributed by atoms with Gasteiger partial charge in [0.25, 0.3) is 0 Å². The second kappa shape index (κ2) is 9.20. The maximum atomic E-state index is 14.1. The molecule has 0 unspecified atom stereocenters. The van der Waals surface area contributed by atoms with Gasteiger partial charge in [0.05, 0.1) is 29.0 Å². The molecule has 2 aromatic carbocycles. The monoisotopic (exact) mass is 500 g/mol. The fourth-order valence-electron chi connectivity index (χ4n) is 5.03. The van der Waals surface area contributed by atoms with Crippen LogP contribution in [-0.4, -0.2) is 25.7 Å². The van der Waals surface area contributed by atoms with E-state index in [0.717, 1.165) is 28.3 Å². The molecule has 36 heavy (non-hydrogen) atoms. The Morgan fingerprint density at radius 1 is 1.06 bits per heavy atom. The number of anilines is 1. The van der Waals surface area contributed by atoms with Crippen LogP contribution in [0.4, 0.5) is 10.1 Å². The molecule has 0 aliphatic carbocycles. The van der Waals surface area contributed by atoms with E-state index >= 15 is 0 Å². The average molecular weight is 501 g/mol. The lowest BCUT2D eigenvalue weighted by Crippen LogP contribution is -2.29. The molecule has 6 nitrogen and oxygen atoms in total. The van der Waals surface area contributed by atoms with Crippen molar-refractivity contribution in [3.63, 3.8) is 0 Å². The van der Waals surface area contributed by atoms with Crippen molar-refractivity contribution in [3.05, 3.63) is 113 Å². The number of aryl methyl sites for hydroxylation is 2. The van der Waals surface area contributed by atoms with Gasteiger partial charge >= 0.3 is 5.97 Å². The van der Waals surface area contributed by atoms with Crippen molar-refractivity contribution in [2.75, 3.05) is 4.90 Å². The summed E-state index contributed by atoms with van der Waals surface area (Å²) < 4.78 is 16.1. The summed E-state index contributed by atoms with van der Waals surface area (Å²) >= 11 is 5.79. The molecule has 182 valence electrons. The third-order valence-corrected chi connectivity index (χ3v) is 7.00. The second-order valence-corrected chi connectivity index (χ2v) is 9.30. The average Bonchev–Trinajstić information content (AvgIpc) is 3.36. The summed E-state index contributed by atoms with van der Waals surface area (Å²) in [6, 6.07) is 19.2. The molecule has 1 fully saturated rings. The lowest BCUT2D eigenvalue weighted by Gasteiger charge is -2.28. The summed E-state index contributed by atoms with van der Waals surface area (Å²) in [6.07, 6.45) is 1.74. The highest BCUT2D eigenvalue weighted by atomic mass is 32.1. The molecule has 1 aliphatic rings. The molecule has 1 saturated heterocycles. The summed E-state index contributed by atoms with van der Waals surface area (Å²) in [4.78, 5) is 18.6. The van der Waals surface area contributed by atoms with Crippen LogP contribution in [0.2, 0.25) is 0 Å². The fourth-order valence-corrected chi connectivity index (χ4v) is 5.38. The van der Waals surface area contributed by atoms with Crippen molar-refractivity contribution in [2.45, 2.75) is 32.9 Å². The summed E-state index contributed by atoms with van der Waals surface area (Å²) in [5, 5.41) is 13.7. The zero-order valence-electron chi connectivity index (χ0n) is 20.1. The van der Waals surface area contributed by atoms with E-state index in [1.165, 1.54) is 6.07 Å². The second-order valence-electron chi connectivity index (χ2n) is 8.91. The zero-order valence-corrected chi connectivity index (χ0v) is 20.9. The van der Waals surface area contributed by atoms with E-state index in [0.29, 0.717) is 16.4 Å². The lowest BCUT2D eigenvalue weighted by molar-refractivity contribution is 0.0697. The van der Waals surface area contributed by atoms with Gasteiger partial charge in [0, 0.05) is 23.3 Å². The van der Waals surface area contributed by atoms with Crippen molar-refractivity contribution < 1.29 is 14.3 Å². The van der Waals surface area contributed by atoms with Crippen LogP contribution in [0.3, 0.4) is 0 Å². The number of carboxylic acid groups (broad SMARTS) is 1. The molecule has 2 atom stereocenters. The van der Waals surface area contributed by atoms with Gasteiger partial charge in [0.2, 0.25) is 0 Å². The highest BCUT2D eigenvalue weighted by Crippen LogP contribution is 2.44. The summed E-state index contributed by atoms with van der Waals surface area (Å²) in [5.74, 6) is -1.27. The molecular formula is C28H25FN4O2S. The Hall–Kier alpha value is -4.04. The fraction of sp³-hybridized carbons (Fsp3) is 0.179. The molecule has 0 amide bonds. The number of nitrogens with zero attached hydrogens (tertiary/aromatic N) is 3. The van der Waals surface area contributed by atoms with E-state index in [2.05, 4.69) is 16.4 Å². The van der Waals surface area contributed by atoms with Crippen molar-refractivity contribution in [1.29, 1.82) is 0 Å². The van der Waals surface area contributed by atoms with Crippen molar-refractivity contribution >= 4 is 29.0 Å². The number of aromatic carboxylic acids is 1. The molecule has 2 N–H and O–H groups in total. The van der Waals surface area contributed by atoms with E-state index < -0.39 is 5.97 Å². The van der Waals surface area contributed by atoms with E-state index in [4.69, 9.17) is 12.2 Å². The number of rotatable bonds is 5. The third kappa shape index (κ3) is 3.93. The van der Waals surface area contributed by atoms with Crippen LogP contribution >= 0.6 is 12.2 Å². The minimum absolute atomic E-state index is 0.221. The van der Waals surface area contributed by atoms with Crippen molar-refractivity contribution in [1.82, 2.24) is 14.9 Å². The van der Waals surface area contributed by atoms with E-state index in [1.54, 1.807) is 37.4 Å². The smallest absolute Gasteiger partial charge is 0.337 e. The molecule has 3 heterocycles. The number of nitrogens with one attached hydrogen (secondary N) is 1. The van der Waals surface area contributed by atoms with E-state index in [1.807, 2.05) is 53.6 Å². The molecule has 4 aromatic rings. The van der Waals surface area contributed by atoms with Crippen molar-refractivity contribution in [3.8, 4) is 5.69 Å². The number of carboxylic acids is 1. The normalized spacial score (nSPS) is 17.3. The van der Waals surface area contributed by atoms with Crippen LogP contribution in [0.5, 0.6) is 0 Å². The summed E-state index contributed by atoms with van der Waals surface area (Å²) in [6.45, 7) is 5.66. The van der Waals surface area contributed by atoms with Gasteiger partial charge in [-0.1, -0.05) is 18.2 Å². The van der Waals surface area contributed by atoms with Crippen LogP contribution in [0.1, 0.15) is 50.7 Å². The predicted molar refractivity (Wildman–Crippen MR) is 141 cm³/mol. The van der Waals surface area contributed by atoms with Gasteiger partial charge in [-0.2, -0.15) is 0 Å². The molecule has 0 saturated carbocycles. The number of aromatic nitrogens is 2. The summed E-state index contributed by atoms with van der Waals surface area (Å²) in [5.41, 5.74) is 5.68. The van der Waals surface area contributed by atoms with Crippen molar-refractivity contribution in [2.24, 2.45) is 0 Å². The number of pyridine rings is 1. The van der Waals surface area contributed by atoms with Gasteiger partial charge in [-0.15, -0.1) is 0 Å². The van der Waals surface area contributed by atoms with Crippen LogP contribution < -0.4 is 10.2 Å². The number of carbonyl (C=O) groups is 1. The minimum Gasteiger partial charge on any atom is -0.478 e. The first-order valence-electron chi connectivity index (χ1n) is 11.6. The van der Waals surface area contributed by atoms with Gasteiger partial charge < -0.3 is 19.9 Å². The summed E-state index contributed by atoms with van der Waals surface area (Å²) in [7, 11) is 0. The number of para-hydroxylation sites is 1. The van der Waals surface area contributed by atoms with Crippen LogP contribution in [0.25, 0.3) is 5.69 Å². The predicted octanol–water partition coefficient (Wildman–Crippen LogP) is 5.81. The van der Waals surface area contributed by atoms with Gasteiger partial charge in [0.1, 0.15) is 5.82 Å². The number of halogens is 1. The standard InChI is InChI=1S/C28H25FN4O2S/c1-16-14-19(11-12-22(16)29)33-26(25(31-28(33)36)23-9-6-7-13-30-23)21-15-17(2)32(18(21)3)24-10-5-4-8-20(24)27(34)35/h4-15,25-26H,1-3H3,(H,31,36)(H,34,35)/t25-,26+/m1/s1. The number of benzene rings is 2. The third-order valence-electron chi connectivity index (χ3n) is 6.68. The number of thiocarbonyl (C=S) groups is 1. The minimum atomic E-state index is -0.988. The van der Waals surface area contributed by atoms with Gasteiger partial charge in [-0.3, -0.25) is 4.98 Å². The Kier molecular flexibility index (Phi) is 6.05. The molecule has 8 heteroatoms. The Morgan fingerprint density at radius 2 is 1.81 bits per heavy atom. The zero-order chi connectivity index (χ0) is 25.6. The van der Waals surface area contributed by atoms with Gasteiger partial charge in [-0.25, -0.2) is 9.18 Å². The van der Waals surface area contributed by atoms with E-state index in [-0.39, 0.29) is 23.5 Å². The first-order valence-corrected chi connectivity index (χ1v) is 12.0. The topological polar surface area (TPSA) is 70.4 Å². The number of hydrogen-bond acceptors (Lipinski definition) is 3. The maximum Gasteiger partial charge on any atom is 0.337 e. The Balaban J connectivity index is 1.71. The highest BCUT2D eigenvalue weighted by Gasteiger charge is 2.42. The molecule has 5 rings (SSSR count). The molecular weight excluding hydrogens is 475 g/mol. The van der Waals surface area contributed by atoms with Crippen LogP contribution in [-0.2, 0) is 0 Å². The first-order chi connectivity index (χ1) is 17.3. The van der Waals surface area contributed by atoms with Gasteiger partial charge in [-0.05, 0) is 92.6 Å². The van der Waals surface area contributed by atoms with Crippen LogP contribution in [0, 0.1) is 26.6 Å². The van der Waals surface area contributed by atoms with Gasteiger partial charge in [0.15, 0.2) is 5.11 Å². The Labute approximate surface area is 214 Å². The van der Waals surface area contributed by atoms with E-state index in [9.17, 15) is 14.3 Å². The molecule has 0 bridgehead atoms.